The van der Waals surface area contributed by atoms with E-state index in [-0.39, 0.29) is 18.0 Å². The smallest absolute Gasteiger partial charge is 0.254 e. The van der Waals surface area contributed by atoms with Crippen molar-refractivity contribution < 1.29 is 13.6 Å². The number of aromatic nitrogens is 4. The van der Waals surface area contributed by atoms with E-state index in [2.05, 4.69) is 9.97 Å². The third-order valence-corrected chi connectivity index (χ3v) is 6.96. The van der Waals surface area contributed by atoms with Crippen molar-refractivity contribution in [1.29, 1.82) is 0 Å². The third-order valence-electron chi connectivity index (χ3n) is 6.96. The first-order chi connectivity index (χ1) is 16.4. The SMILES string of the molecule is Cc1cnc2cc(C(=O)N3[C@H]4CCC[C@@H]3c3nn(C)c(-c5cc(F)cc(F)c5)c3C4)ccc2n1. The Bertz CT molecular complexity index is 1440. The summed E-state index contributed by atoms with van der Waals surface area (Å²) in [7, 11) is 1.79. The maximum absolute atomic E-state index is 14.0. The van der Waals surface area contributed by atoms with Crippen molar-refractivity contribution in [2.75, 3.05) is 0 Å². The van der Waals surface area contributed by atoms with E-state index in [1.54, 1.807) is 24.0 Å². The van der Waals surface area contributed by atoms with Crippen molar-refractivity contribution >= 4 is 16.9 Å². The number of benzene rings is 2. The zero-order valence-electron chi connectivity index (χ0n) is 18.9. The number of amides is 1. The molecule has 0 saturated carbocycles. The van der Waals surface area contributed by atoms with Gasteiger partial charge < -0.3 is 4.90 Å². The van der Waals surface area contributed by atoms with Crippen molar-refractivity contribution in [3.8, 4) is 11.3 Å². The van der Waals surface area contributed by atoms with E-state index in [9.17, 15) is 13.6 Å². The molecular formula is C26H23F2N5O. The average molecular weight is 460 g/mol. The van der Waals surface area contributed by atoms with Gasteiger partial charge in [-0.05, 0) is 62.9 Å². The van der Waals surface area contributed by atoms with Crippen LogP contribution < -0.4 is 0 Å². The van der Waals surface area contributed by atoms with Crippen LogP contribution in [0.1, 0.15) is 52.6 Å². The fourth-order valence-corrected chi connectivity index (χ4v) is 5.59. The zero-order valence-corrected chi connectivity index (χ0v) is 18.9. The van der Waals surface area contributed by atoms with Gasteiger partial charge in [0, 0.05) is 42.0 Å². The molecule has 4 heterocycles. The van der Waals surface area contributed by atoms with Crippen LogP contribution in [0.2, 0.25) is 0 Å². The molecule has 2 atom stereocenters. The molecule has 1 fully saturated rings. The van der Waals surface area contributed by atoms with Gasteiger partial charge in [0.2, 0.25) is 0 Å². The van der Waals surface area contributed by atoms with Crippen molar-refractivity contribution in [1.82, 2.24) is 24.6 Å². The Morgan fingerprint density at radius 2 is 1.85 bits per heavy atom. The second kappa shape index (κ2) is 7.68. The molecule has 2 aliphatic heterocycles. The van der Waals surface area contributed by atoms with E-state index in [1.165, 1.54) is 12.1 Å². The summed E-state index contributed by atoms with van der Waals surface area (Å²) in [5.74, 6) is -1.28. The lowest BCUT2D eigenvalue weighted by Crippen LogP contribution is -2.49. The van der Waals surface area contributed by atoms with Crippen LogP contribution in [0.5, 0.6) is 0 Å². The predicted molar refractivity (Wildman–Crippen MR) is 123 cm³/mol. The molecule has 0 radical (unpaired) electrons. The van der Waals surface area contributed by atoms with Gasteiger partial charge in [0.25, 0.3) is 5.91 Å². The molecule has 2 aromatic carbocycles. The Hall–Kier alpha value is -3.68. The number of piperidine rings is 1. The third kappa shape index (κ3) is 3.28. The zero-order chi connectivity index (χ0) is 23.6. The van der Waals surface area contributed by atoms with Gasteiger partial charge in [-0.25, -0.2) is 13.8 Å². The van der Waals surface area contributed by atoms with E-state index < -0.39 is 11.6 Å². The van der Waals surface area contributed by atoms with E-state index >= 15 is 0 Å². The molecule has 0 spiro atoms. The van der Waals surface area contributed by atoms with Crippen molar-refractivity contribution in [3.05, 3.63) is 76.7 Å². The summed E-state index contributed by atoms with van der Waals surface area (Å²) in [5, 5.41) is 4.75. The number of fused-ring (bicyclic) bond motifs is 5. The molecule has 4 aromatic rings. The van der Waals surface area contributed by atoms with Crippen LogP contribution in [0.25, 0.3) is 22.3 Å². The Morgan fingerprint density at radius 1 is 1.06 bits per heavy atom. The van der Waals surface area contributed by atoms with E-state index in [1.807, 2.05) is 24.0 Å². The van der Waals surface area contributed by atoms with Crippen LogP contribution in [-0.2, 0) is 13.5 Å². The average Bonchev–Trinajstić information content (AvgIpc) is 3.12. The minimum Gasteiger partial charge on any atom is -0.327 e. The Morgan fingerprint density at radius 3 is 2.65 bits per heavy atom. The first-order valence-corrected chi connectivity index (χ1v) is 11.5. The summed E-state index contributed by atoms with van der Waals surface area (Å²) in [6.07, 6.45) is 4.98. The second-order valence-electron chi connectivity index (χ2n) is 9.23. The molecule has 8 heteroatoms. The van der Waals surface area contributed by atoms with Gasteiger partial charge in [-0.3, -0.25) is 14.5 Å². The van der Waals surface area contributed by atoms with Gasteiger partial charge >= 0.3 is 0 Å². The van der Waals surface area contributed by atoms with Crippen molar-refractivity contribution in [2.45, 2.75) is 44.7 Å². The minimum atomic E-state index is -0.618. The Balaban J connectivity index is 1.41. The van der Waals surface area contributed by atoms with Gasteiger partial charge in [0.15, 0.2) is 0 Å². The molecule has 2 bridgehead atoms. The van der Waals surface area contributed by atoms with Crippen LogP contribution in [-0.4, -0.2) is 36.6 Å². The summed E-state index contributed by atoms with van der Waals surface area (Å²) < 4.78 is 29.6. The molecule has 6 nitrogen and oxygen atoms in total. The lowest BCUT2D eigenvalue weighted by atomic mass is 9.81. The quantitative estimate of drug-likeness (QED) is 0.427. The first-order valence-electron chi connectivity index (χ1n) is 11.5. The first kappa shape index (κ1) is 20.9. The number of carbonyl (C=O) groups excluding carboxylic acids is 1. The maximum atomic E-state index is 14.0. The number of rotatable bonds is 2. The highest BCUT2D eigenvalue weighted by molar-refractivity contribution is 5.98. The number of halogens is 2. The normalized spacial score (nSPS) is 19.4. The highest BCUT2D eigenvalue weighted by atomic mass is 19.1. The number of hydrogen-bond acceptors (Lipinski definition) is 4. The highest BCUT2D eigenvalue weighted by Crippen LogP contribution is 2.45. The van der Waals surface area contributed by atoms with E-state index in [0.717, 1.165) is 47.8 Å². The topological polar surface area (TPSA) is 63.9 Å². The van der Waals surface area contributed by atoms with Crippen LogP contribution in [0.15, 0.2) is 42.6 Å². The van der Waals surface area contributed by atoms with E-state index in [0.29, 0.717) is 28.8 Å². The number of nitrogens with zero attached hydrogens (tertiary/aromatic N) is 5. The van der Waals surface area contributed by atoms with Gasteiger partial charge in [-0.2, -0.15) is 5.10 Å². The van der Waals surface area contributed by atoms with E-state index in [4.69, 9.17) is 5.10 Å². The van der Waals surface area contributed by atoms with Crippen molar-refractivity contribution in [2.24, 2.45) is 7.05 Å². The summed E-state index contributed by atoms with van der Waals surface area (Å²) >= 11 is 0. The molecule has 172 valence electrons. The highest BCUT2D eigenvalue weighted by Gasteiger charge is 2.43. The molecule has 0 aliphatic carbocycles. The van der Waals surface area contributed by atoms with Crippen LogP contribution in [0.4, 0.5) is 8.78 Å². The fraction of sp³-hybridized carbons (Fsp3) is 0.308. The lowest BCUT2D eigenvalue weighted by Gasteiger charge is -2.45. The van der Waals surface area contributed by atoms with Gasteiger partial charge in [-0.15, -0.1) is 0 Å². The molecule has 0 unspecified atom stereocenters. The Labute approximate surface area is 195 Å². The monoisotopic (exact) mass is 459 g/mol. The number of carbonyl (C=O) groups is 1. The Kier molecular flexibility index (Phi) is 4.72. The molecule has 0 N–H and O–H groups in total. The fourth-order valence-electron chi connectivity index (χ4n) is 5.59. The molecule has 2 aliphatic rings. The second-order valence-corrected chi connectivity index (χ2v) is 9.23. The van der Waals surface area contributed by atoms with Gasteiger partial charge in [0.1, 0.15) is 11.6 Å². The lowest BCUT2D eigenvalue weighted by molar-refractivity contribution is 0.0392. The number of hydrogen-bond donors (Lipinski definition) is 0. The van der Waals surface area contributed by atoms with Crippen LogP contribution >= 0.6 is 0 Å². The standard InChI is InChI=1S/C26H23F2N5O/c1-14-13-29-22-10-15(6-7-21(22)30-14)26(34)33-19-4-3-5-23(33)24-20(12-19)25(32(2)31-24)16-8-17(27)11-18(28)9-16/h6-11,13,19,23H,3-5,12H2,1-2H3/t19-,23+/m0/s1. The minimum absolute atomic E-state index is 0.0000879. The molecule has 34 heavy (non-hydrogen) atoms. The molecule has 6 rings (SSSR count). The molecular weight excluding hydrogens is 436 g/mol. The predicted octanol–water partition coefficient (Wildman–Crippen LogP) is 4.91. The molecule has 1 amide bonds. The largest absolute Gasteiger partial charge is 0.327 e. The molecule has 1 saturated heterocycles. The van der Waals surface area contributed by atoms with Crippen molar-refractivity contribution in [3.63, 3.8) is 0 Å². The maximum Gasteiger partial charge on any atom is 0.254 e. The molecule has 2 aromatic heterocycles. The summed E-state index contributed by atoms with van der Waals surface area (Å²) in [6.45, 7) is 1.89. The summed E-state index contributed by atoms with van der Waals surface area (Å²) in [4.78, 5) is 24.6. The number of aryl methyl sites for hydroxylation is 2. The van der Waals surface area contributed by atoms with Crippen LogP contribution in [0.3, 0.4) is 0 Å². The summed E-state index contributed by atoms with van der Waals surface area (Å²) in [6, 6.07) is 8.82. The van der Waals surface area contributed by atoms with Crippen LogP contribution in [0, 0.1) is 18.6 Å². The van der Waals surface area contributed by atoms with Gasteiger partial charge in [-0.1, -0.05) is 0 Å². The van der Waals surface area contributed by atoms with Gasteiger partial charge in [0.05, 0.1) is 34.2 Å². The summed E-state index contributed by atoms with van der Waals surface area (Å²) in [5.41, 5.74) is 5.84.